The summed E-state index contributed by atoms with van der Waals surface area (Å²) in [4.78, 5) is 25.6. The Bertz CT molecular complexity index is 1730. The molecule has 2 N–H and O–H groups in total. The Hall–Kier alpha value is -2.58. The highest BCUT2D eigenvalue weighted by molar-refractivity contribution is 7.45. The van der Waals surface area contributed by atoms with Gasteiger partial charge in [-0.25, -0.2) is 0 Å². The van der Waals surface area contributed by atoms with Crippen molar-refractivity contribution in [2.24, 2.45) is 0 Å². The summed E-state index contributed by atoms with van der Waals surface area (Å²) in [6.45, 7) is 4.57. The van der Waals surface area contributed by atoms with Gasteiger partial charge in [0.1, 0.15) is 13.2 Å². The fraction of sp³-hybridized carbons (Fsp3) is 0.779. The van der Waals surface area contributed by atoms with E-state index >= 15 is 0 Å². The Morgan fingerprint density at radius 2 is 0.709 bits per heavy atom. The normalized spacial score (nSPS) is 14.2. The van der Waals surface area contributed by atoms with Gasteiger partial charge >= 0.3 is 0 Å². The second-order valence-corrected chi connectivity index (χ2v) is 27.3. The lowest BCUT2D eigenvalue weighted by molar-refractivity contribution is -0.870. The third kappa shape index (κ3) is 68.9. The zero-order valence-corrected chi connectivity index (χ0v) is 58.1. The lowest BCUT2D eigenvalue weighted by Crippen LogP contribution is -2.45. The molecular formula is C77H141N2O6P. The second kappa shape index (κ2) is 66.8. The van der Waals surface area contributed by atoms with Gasteiger partial charge in [0.15, 0.2) is 0 Å². The first-order chi connectivity index (χ1) is 42.0. The number of hydrogen-bond donors (Lipinski definition) is 2. The highest BCUT2D eigenvalue weighted by atomic mass is 31.2. The molecule has 1 amide bonds. The molecule has 86 heavy (non-hydrogen) atoms. The van der Waals surface area contributed by atoms with Gasteiger partial charge in [0.05, 0.1) is 39.9 Å². The van der Waals surface area contributed by atoms with E-state index in [4.69, 9.17) is 9.05 Å². The predicted octanol–water partition coefficient (Wildman–Crippen LogP) is 23.0. The van der Waals surface area contributed by atoms with E-state index in [1.807, 2.05) is 27.2 Å². The number of carbonyl (C=O) groups excluding carboxylic acids is 1. The lowest BCUT2D eigenvalue weighted by atomic mass is 10.0. The minimum Gasteiger partial charge on any atom is -0.756 e. The smallest absolute Gasteiger partial charge is 0.268 e. The van der Waals surface area contributed by atoms with Crippen molar-refractivity contribution >= 4 is 13.7 Å². The number of aliphatic hydroxyl groups excluding tert-OH is 1. The Morgan fingerprint density at radius 3 is 1.03 bits per heavy atom. The molecule has 0 aliphatic rings. The summed E-state index contributed by atoms with van der Waals surface area (Å²) >= 11 is 0. The molecule has 0 saturated heterocycles. The molecule has 0 fully saturated rings. The van der Waals surface area contributed by atoms with Crippen LogP contribution in [0.2, 0.25) is 0 Å². The maximum absolute atomic E-state index is 13.0. The Balaban J connectivity index is 3.99. The maximum Gasteiger partial charge on any atom is 0.268 e. The third-order valence-corrected chi connectivity index (χ3v) is 17.3. The molecule has 0 radical (unpaired) electrons. The molecule has 0 spiro atoms. The number of nitrogens with zero attached hydrogens (tertiary/aromatic N) is 1. The Labute approximate surface area is 534 Å². The van der Waals surface area contributed by atoms with Crippen LogP contribution < -0.4 is 10.2 Å². The van der Waals surface area contributed by atoms with Crippen LogP contribution in [0.15, 0.2) is 97.2 Å². The van der Waals surface area contributed by atoms with E-state index in [1.165, 1.54) is 231 Å². The SMILES string of the molecule is CC/C=C\C/C=C\C/C=C\C/C=C\C/C=C\C/C=C\C/C=C\CCCCCCCCCCCCCCCCCCCCCC(=O)NC(COP(=O)([O-])OCC[N+](C)(C)C)C(O)/C=C/CCCCCCCCCCCCCCCCCCCCCCC. The highest BCUT2D eigenvalue weighted by Crippen LogP contribution is 2.38. The summed E-state index contributed by atoms with van der Waals surface area (Å²) in [5.74, 6) is -0.194. The van der Waals surface area contributed by atoms with Crippen molar-refractivity contribution in [1.29, 1.82) is 0 Å². The van der Waals surface area contributed by atoms with E-state index in [2.05, 4.69) is 104 Å². The van der Waals surface area contributed by atoms with Gasteiger partial charge in [-0.2, -0.15) is 0 Å². The van der Waals surface area contributed by atoms with E-state index in [0.29, 0.717) is 17.4 Å². The first-order valence-electron chi connectivity index (χ1n) is 36.6. The van der Waals surface area contributed by atoms with Crippen LogP contribution in [-0.2, 0) is 18.4 Å². The maximum atomic E-state index is 13.0. The van der Waals surface area contributed by atoms with Gasteiger partial charge in [0.25, 0.3) is 7.82 Å². The van der Waals surface area contributed by atoms with Crippen molar-refractivity contribution in [2.75, 3.05) is 40.9 Å². The highest BCUT2D eigenvalue weighted by Gasteiger charge is 2.23. The van der Waals surface area contributed by atoms with Crippen LogP contribution in [-0.4, -0.2) is 68.5 Å². The van der Waals surface area contributed by atoms with Crippen molar-refractivity contribution in [2.45, 2.75) is 347 Å². The van der Waals surface area contributed by atoms with E-state index in [0.717, 1.165) is 83.5 Å². The number of hydrogen-bond acceptors (Lipinski definition) is 6. The summed E-state index contributed by atoms with van der Waals surface area (Å²) in [5, 5.41) is 14.0. The summed E-state index contributed by atoms with van der Waals surface area (Å²) < 4.78 is 23.5. The first kappa shape index (κ1) is 83.4. The Kier molecular flexibility index (Phi) is 64.8. The number of quaternary nitrogens is 1. The topological polar surface area (TPSA) is 108 Å². The molecule has 3 atom stereocenters. The quantitative estimate of drug-likeness (QED) is 0.0272. The molecule has 0 aromatic carbocycles. The number of nitrogens with one attached hydrogen (secondary N) is 1. The molecule has 500 valence electrons. The number of allylic oxidation sites excluding steroid dienone is 15. The molecule has 0 aliphatic heterocycles. The van der Waals surface area contributed by atoms with Crippen LogP contribution in [0, 0.1) is 0 Å². The van der Waals surface area contributed by atoms with Crippen LogP contribution in [0.4, 0.5) is 0 Å². The number of likely N-dealkylation sites (N-methyl/N-ethyl adjacent to an activating group) is 1. The summed E-state index contributed by atoms with van der Waals surface area (Å²) in [6, 6.07) is -0.890. The largest absolute Gasteiger partial charge is 0.756 e. The third-order valence-electron chi connectivity index (χ3n) is 16.3. The molecule has 3 unspecified atom stereocenters. The van der Waals surface area contributed by atoms with Gasteiger partial charge in [0, 0.05) is 6.42 Å². The number of amides is 1. The van der Waals surface area contributed by atoms with Gasteiger partial charge < -0.3 is 28.8 Å². The molecule has 0 rings (SSSR count). The van der Waals surface area contributed by atoms with E-state index < -0.39 is 20.0 Å². The van der Waals surface area contributed by atoms with Crippen molar-refractivity contribution in [1.82, 2.24) is 5.32 Å². The van der Waals surface area contributed by atoms with Crippen LogP contribution in [0.5, 0.6) is 0 Å². The molecule has 0 aromatic rings. The predicted molar refractivity (Wildman–Crippen MR) is 376 cm³/mol. The van der Waals surface area contributed by atoms with Gasteiger partial charge in [-0.05, 0) is 77.0 Å². The van der Waals surface area contributed by atoms with Gasteiger partial charge in [-0.15, -0.1) is 0 Å². The summed E-state index contributed by atoms with van der Waals surface area (Å²) in [5.41, 5.74) is 0. The van der Waals surface area contributed by atoms with Crippen molar-refractivity contribution in [3.05, 3.63) is 97.2 Å². The number of aliphatic hydroxyl groups is 1. The van der Waals surface area contributed by atoms with Gasteiger partial charge in [0.2, 0.25) is 5.91 Å². The van der Waals surface area contributed by atoms with Crippen molar-refractivity contribution in [3.8, 4) is 0 Å². The molecule has 0 bridgehead atoms. The molecule has 0 saturated carbocycles. The number of phosphoric acid groups is 1. The first-order valence-corrected chi connectivity index (χ1v) is 38.1. The number of phosphoric ester groups is 1. The average Bonchev–Trinajstić information content (AvgIpc) is 3.70. The van der Waals surface area contributed by atoms with E-state index in [9.17, 15) is 19.4 Å². The monoisotopic (exact) mass is 1220 g/mol. The van der Waals surface area contributed by atoms with Gasteiger partial charge in [-0.1, -0.05) is 349 Å². The molecule has 0 aliphatic carbocycles. The Morgan fingerprint density at radius 1 is 0.419 bits per heavy atom. The van der Waals surface area contributed by atoms with Crippen LogP contribution >= 0.6 is 7.82 Å². The fourth-order valence-electron chi connectivity index (χ4n) is 10.7. The zero-order valence-electron chi connectivity index (χ0n) is 57.3. The molecule has 8 nitrogen and oxygen atoms in total. The number of unbranched alkanes of at least 4 members (excludes halogenated alkanes) is 40. The lowest BCUT2D eigenvalue weighted by Gasteiger charge is -2.29. The summed E-state index contributed by atoms with van der Waals surface area (Å²) in [7, 11) is 1.27. The fourth-order valence-corrected chi connectivity index (χ4v) is 11.4. The van der Waals surface area contributed by atoms with Crippen LogP contribution in [0.25, 0.3) is 0 Å². The minimum atomic E-state index is -4.61. The second-order valence-electron chi connectivity index (χ2n) is 25.9. The molecular weight excluding hydrogens is 1080 g/mol. The molecule has 9 heteroatoms. The average molecular weight is 1220 g/mol. The van der Waals surface area contributed by atoms with Gasteiger partial charge in [-0.3, -0.25) is 9.36 Å². The minimum absolute atomic E-state index is 0.00177. The number of rotatable bonds is 67. The van der Waals surface area contributed by atoms with Crippen LogP contribution in [0.3, 0.4) is 0 Å². The van der Waals surface area contributed by atoms with Crippen LogP contribution in [0.1, 0.15) is 335 Å². The van der Waals surface area contributed by atoms with Crippen molar-refractivity contribution < 1.29 is 32.9 Å². The standard InChI is InChI=1S/C77H141N2O6P/c1-6-8-10-12-14-16-18-20-22-24-26-28-30-31-32-33-34-35-36-37-38-39-40-41-42-43-44-45-46-47-49-51-53-55-57-59-61-63-65-67-69-71-77(81)78-75(74-85-86(82,83)84-73-72-79(3,4)5)76(80)70-68-66-64-62-60-58-56-54-52-50-48-29-27-25-23-21-19-17-15-13-11-9-7-2/h8,10,14,16,20,22,26,28,31-32,34-35,37-38,68,70,75-76,80H,6-7,9,11-13,15,17-19,21,23-25,27,29-30,33,36,39-67,69,71-74H2,1-5H3,(H-,78,81,82,83)/b10-8-,16-14-,22-20-,28-26-,32-31-,35-34-,38-37-,70-68+. The van der Waals surface area contributed by atoms with E-state index in [1.54, 1.807) is 6.08 Å². The summed E-state index contributed by atoms with van der Waals surface area (Å²) in [6.07, 6.45) is 96.8. The number of carbonyl (C=O) groups is 1. The molecule has 0 heterocycles. The molecule has 0 aromatic heterocycles. The van der Waals surface area contributed by atoms with Crippen molar-refractivity contribution in [3.63, 3.8) is 0 Å². The zero-order chi connectivity index (χ0) is 62.6. The van der Waals surface area contributed by atoms with E-state index in [-0.39, 0.29) is 19.1 Å².